The number of hydrogen-bond donors (Lipinski definition) is 2. The predicted molar refractivity (Wildman–Crippen MR) is 98.0 cm³/mol. The minimum absolute atomic E-state index is 0.100. The first-order chi connectivity index (χ1) is 11.8. The minimum atomic E-state index is -3.62. The van der Waals surface area contributed by atoms with Crippen molar-refractivity contribution in [2.75, 3.05) is 0 Å². The number of rotatable bonds is 9. The highest BCUT2D eigenvalue weighted by molar-refractivity contribution is 7.88. The number of sulfonamides is 1. The summed E-state index contributed by atoms with van der Waals surface area (Å²) in [6.07, 6.45) is 0.555. The first-order valence-corrected chi connectivity index (χ1v) is 9.87. The molecule has 0 aromatic heterocycles. The molecule has 2 aromatic carbocycles. The highest BCUT2D eigenvalue weighted by atomic mass is 35.5. The van der Waals surface area contributed by atoms with Gasteiger partial charge in [-0.3, -0.25) is 4.79 Å². The Morgan fingerprint density at radius 3 is 2.40 bits per heavy atom. The van der Waals surface area contributed by atoms with E-state index in [1.54, 1.807) is 24.3 Å². The molecule has 2 N–H and O–H groups in total. The first-order valence-electron chi connectivity index (χ1n) is 7.84. The highest BCUT2D eigenvalue weighted by Crippen LogP contribution is 2.15. The van der Waals surface area contributed by atoms with Crippen LogP contribution in [0.4, 0.5) is 0 Å². The van der Waals surface area contributed by atoms with Gasteiger partial charge in [-0.05, 0) is 36.1 Å². The molecule has 2 aromatic rings. The van der Waals surface area contributed by atoms with E-state index in [2.05, 4.69) is 4.72 Å². The third-order valence-electron chi connectivity index (χ3n) is 3.62. The summed E-state index contributed by atoms with van der Waals surface area (Å²) in [5, 5.41) is 9.37. The molecule has 0 aliphatic rings. The van der Waals surface area contributed by atoms with Crippen molar-refractivity contribution in [3.8, 4) is 0 Å². The van der Waals surface area contributed by atoms with E-state index >= 15 is 0 Å². The maximum absolute atomic E-state index is 12.5. The molecule has 25 heavy (non-hydrogen) atoms. The van der Waals surface area contributed by atoms with Gasteiger partial charge in [-0.2, -0.15) is 0 Å². The molecule has 7 heteroatoms. The monoisotopic (exact) mass is 381 g/mol. The molecule has 0 fully saturated rings. The van der Waals surface area contributed by atoms with Gasteiger partial charge in [0.15, 0.2) is 0 Å². The number of halogens is 1. The van der Waals surface area contributed by atoms with Crippen molar-refractivity contribution in [3.63, 3.8) is 0 Å². The van der Waals surface area contributed by atoms with Crippen LogP contribution in [-0.4, -0.2) is 25.5 Å². The summed E-state index contributed by atoms with van der Waals surface area (Å²) in [6, 6.07) is 15.6. The Morgan fingerprint density at radius 2 is 1.76 bits per heavy atom. The summed E-state index contributed by atoms with van der Waals surface area (Å²) in [5.74, 6) is -1.15. The molecule has 0 amide bonds. The maximum atomic E-state index is 12.5. The Balaban J connectivity index is 2.09. The van der Waals surface area contributed by atoms with E-state index in [4.69, 9.17) is 16.7 Å². The van der Waals surface area contributed by atoms with Gasteiger partial charge in [-0.15, -0.1) is 0 Å². The Labute approximate surface area is 152 Å². The summed E-state index contributed by atoms with van der Waals surface area (Å²) in [4.78, 5) is 10.9. The van der Waals surface area contributed by atoms with Crippen molar-refractivity contribution < 1.29 is 18.3 Å². The van der Waals surface area contributed by atoms with E-state index < -0.39 is 22.0 Å². The zero-order chi connectivity index (χ0) is 18.3. The fraction of sp³-hybridized carbons (Fsp3) is 0.278. The Hall–Kier alpha value is -1.89. The second-order valence-electron chi connectivity index (χ2n) is 5.83. The topological polar surface area (TPSA) is 83.5 Å². The van der Waals surface area contributed by atoms with Crippen LogP contribution in [-0.2, 0) is 27.0 Å². The van der Waals surface area contributed by atoms with E-state index in [1.165, 1.54) is 0 Å². The van der Waals surface area contributed by atoms with E-state index in [1.807, 2.05) is 30.3 Å². The SMILES string of the molecule is O=C(O)CCC(Cc1ccccc1)NS(=O)(=O)Cc1cccc(Cl)c1. The number of nitrogens with one attached hydrogen (secondary N) is 1. The molecule has 134 valence electrons. The van der Waals surface area contributed by atoms with E-state index in [0.29, 0.717) is 17.0 Å². The zero-order valence-electron chi connectivity index (χ0n) is 13.6. The zero-order valence-corrected chi connectivity index (χ0v) is 15.1. The lowest BCUT2D eigenvalue weighted by Crippen LogP contribution is -2.37. The van der Waals surface area contributed by atoms with Crippen molar-refractivity contribution in [2.24, 2.45) is 0 Å². The number of aliphatic carboxylic acids is 1. The Bertz CT molecular complexity index is 809. The van der Waals surface area contributed by atoms with Crippen LogP contribution in [0.3, 0.4) is 0 Å². The van der Waals surface area contributed by atoms with E-state index in [-0.39, 0.29) is 18.6 Å². The van der Waals surface area contributed by atoms with E-state index in [0.717, 1.165) is 5.56 Å². The van der Waals surface area contributed by atoms with Crippen LogP contribution < -0.4 is 4.72 Å². The van der Waals surface area contributed by atoms with E-state index in [9.17, 15) is 13.2 Å². The summed E-state index contributed by atoms with van der Waals surface area (Å²) in [7, 11) is -3.62. The lowest BCUT2D eigenvalue weighted by molar-refractivity contribution is -0.137. The van der Waals surface area contributed by atoms with Crippen LogP contribution >= 0.6 is 11.6 Å². The smallest absolute Gasteiger partial charge is 0.303 e. The lowest BCUT2D eigenvalue weighted by atomic mass is 10.0. The maximum Gasteiger partial charge on any atom is 0.303 e. The Morgan fingerprint density at radius 1 is 1.08 bits per heavy atom. The third-order valence-corrected chi connectivity index (χ3v) is 5.26. The van der Waals surface area contributed by atoms with Gasteiger partial charge in [0.1, 0.15) is 0 Å². The normalized spacial score (nSPS) is 12.7. The van der Waals surface area contributed by atoms with Crippen LogP contribution in [0.25, 0.3) is 0 Å². The molecule has 0 saturated carbocycles. The molecular weight excluding hydrogens is 362 g/mol. The predicted octanol–water partition coefficient (Wildman–Crippen LogP) is 3.24. The van der Waals surface area contributed by atoms with Crippen LogP contribution in [0.2, 0.25) is 5.02 Å². The molecule has 5 nitrogen and oxygen atoms in total. The number of carboxylic acids is 1. The number of carbonyl (C=O) groups is 1. The molecule has 0 heterocycles. The highest BCUT2D eigenvalue weighted by Gasteiger charge is 2.20. The molecule has 1 atom stereocenters. The van der Waals surface area contributed by atoms with Gasteiger partial charge in [-0.1, -0.05) is 54.1 Å². The van der Waals surface area contributed by atoms with Gasteiger partial charge in [0.2, 0.25) is 10.0 Å². The van der Waals surface area contributed by atoms with Crippen LogP contribution in [0.1, 0.15) is 24.0 Å². The summed E-state index contributed by atoms with van der Waals surface area (Å²) < 4.78 is 27.5. The van der Waals surface area contributed by atoms with Crippen molar-refractivity contribution >= 4 is 27.6 Å². The summed E-state index contributed by atoms with van der Waals surface area (Å²) >= 11 is 5.89. The van der Waals surface area contributed by atoms with Crippen molar-refractivity contribution in [1.29, 1.82) is 0 Å². The first kappa shape index (κ1) is 19.4. The molecule has 0 radical (unpaired) electrons. The van der Waals surface area contributed by atoms with Crippen LogP contribution in [0.15, 0.2) is 54.6 Å². The van der Waals surface area contributed by atoms with Crippen molar-refractivity contribution in [2.45, 2.75) is 31.1 Å². The van der Waals surface area contributed by atoms with Gasteiger partial charge >= 0.3 is 5.97 Å². The fourth-order valence-electron chi connectivity index (χ4n) is 2.54. The molecule has 0 bridgehead atoms. The summed E-state index contributed by atoms with van der Waals surface area (Å²) in [5.41, 5.74) is 1.53. The average molecular weight is 382 g/mol. The van der Waals surface area contributed by atoms with Crippen LogP contribution in [0, 0.1) is 0 Å². The third kappa shape index (κ3) is 7.25. The van der Waals surface area contributed by atoms with Gasteiger partial charge < -0.3 is 5.11 Å². The lowest BCUT2D eigenvalue weighted by Gasteiger charge is -2.18. The van der Waals surface area contributed by atoms with Crippen molar-refractivity contribution in [1.82, 2.24) is 4.72 Å². The Kier molecular flexibility index (Phi) is 6.99. The van der Waals surface area contributed by atoms with Gasteiger partial charge in [0.25, 0.3) is 0 Å². The molecule has 1 unspecified atom stereocenters. The second kappa shape index (κ2) is 8.99. The molecule has 0 saturated heterocycles. The van der Waals surface area contributed by atoms with Gasteiger partial charge in [0.05, 0.1) is 5.75 Å². The quantitative estimate of drug-likeness (QED) is 0.698. The molecular formula is C18H20ClNO4S. The molecule has 0 spiro atoms. The number of carboxylic acid groups (broad SMARTS) is 1. The fourth-order valence-corrected chi connectivity index (χ4v) is 4.16. The largest absolute Gasteiger partial charge is 0.481 e. The minimum Gasteiger partial charge on any atom is -0.481 e. The summed E-state index contributed by atoms with van der Waals surface area (Å²) in [6.45, 7) is 0. The number of benzene rings is 2. The van der Waals surface area contributed by atoms with Gasteiger partial charge in [0, 0.05) is 17.5 Å². The molecule has 0 aliphatic heterocycles. The molecule has 2 rings (SSSR count). The van der Waals surface area contributed by atoms with Gasteiger partial charge in [-0.25, -0.2) is 13.1 Å². The average Bonchev–Trinajstić information content (AvgIpc) is 2.53. The number of hydrogen-bond acceptors (Lipinski definition) is 3. The second-order valence-corrected chi connectivity index (χ2v) is 8.02. The van der Waals surface area contributed by atoms with Crippen LogP contribution in [0.5, 0.6) is 0 Å². The van der Waals surface area contributed by atoms with Crippen molar-refractivity contribution in [3.05, 3.63) is 70.7 Å². The standard InChI is InChI=1S/C18H20ClNO4S/c19-16-8-4-7-15(11-16)13-25(23,24)20-17(9-10-18(21)22)12-14-5-2-1-3-6-14/h1-8,11,17,20H,9-10,12-13H2,(H,21,22). The molecule has 0 aliphatic carbocycles.